The Morgan fingerprint density at radius 3 is 2.11 bits per heavy atom. The lowest BCUT2D eigenvalue weighted by molar-refractivity contribution is 0.0793. The molecule has 1 saturated heterocycles. The molecule has 1 amide bonds. The summed E-state index contributed by atoms with van der Waals surface area (Å²) in [6, 6.07) is 24.4. The monoisotopic (exact) mass is 477 g/mol. The molecule has 0 spiro atoms. The van der Waals surface area contributed by atoms with Crippen molar-refractivity contribution in [3.05, 3.63) is 96.2 Å². The SMILES string of the molecule is N=C(N)c1c(N)cnc(-c2ccc(C(=O)N3CCCC3)cc2)c1-c1ccc(Oc2ccccc2)cc1. The van der Waals surface area contributed by atoms with Crippen LogP contribution in [0.4, 0.5) is 5.69 Å². The molecule has 0 saturated carbocycles. The van der Waals surface area contributed by atoms with Crippen molar-refractivity contribution in [1.29, 1.82) is 5.41 Å². The summed E-state index contributed by atoms with van der Waals surface area (Å²) in [5.41, 5.74) is 16.5. The maximum absolute atomic E-state index is 12.8. The lowest BCUT2D eigenvalue weighted by Gasteiger charge is -2.18. The first-order chi connectivity index (χ1) is 17.5. The van der Waals surface area contributed by atoms with Gasteiger partial charge in [0, 0.05) is 29.8 Å². The van der Waals surface area contributed by atoms with Crippen LogP contribution in [0.1, 0.15) is 28.8 Å². The molecule has 0 bridgehead atoms. The lowest BCUT2D eigenvalue weighted by Crippen LogP contribution is -2.27. The van der Waals surface area contributed by atoms with Crippen LogP contribution in [0.5, 0.6) is 11.5 Å². The molecule has 5 N–H and O–H groups in total. The quantitative estimate of drug-likeness (QED) is 0.257. The summed E-state index contributed by atoms with van der Waals surface area (Å²) in [6.45, 7) is 1.60. The molecular weight excluding hydrogens is 450 g/mol. The highest BCUT2D eigenvalue weighted by atomic mass is 16.5. The third-order valence-corrected chi connectivity index (χ3v) is 6.30. The van der Waals surface area contributed by atoms with Crippen LogP contribution in [0.3, 0.4) is 0 Å². The number of ether oxygens (including phenoxy) is 1. The summed E-state index contributed by atoms with van der Waals surface area (Å²) < 4.78 is 5.92. The number of anilines is 1. The van der Waals surface area contributed by atoms with Crippen molar-refractivity contribution in [2.75, 3.05) is 18.8 Å². The number of para-hydroxylation sites is 1. The van der Waals surface area contributed by atoms with E-state index in [0.717, 1.165) is 42.8 Å². The Kier molecular flexibility index (Phi) is 6.36. The minimum Gasteiger partial charge on any atom is -0.457 e. The Balaban J connectivity index is 1.52. The van der Waals surface area contributed by atoms with E-state index >= 15 is 0 Å². The second kappa shape index (κ2) is 9.92. The van der Waals surface area contributed by atoms with Gasteiger partial charge in [0.2, 0.25) is 0 Å². The molecule has 1 aliphatic heterocycles. The Bertz CT molecular complexity index is 1390. The van der Waals surface area contributed by atoms with E-state index in [4.69, 9.17) is 21.6 Å². The van der Waals surface area contributed by atoms with Gasteiger partial charge in [-0.25, -0.2) is 0 Å². The number of aromatic nitrogens is 1. The zero-order valence-electron chi connectivity index (χ0n) is 19.8. The van der Waals surface area contributed by atoms with Crippen LogP contribution in [-0.4, -0.2) is 34.7 Å². The summed E-state index contributed by atoms with van der Waals surface area (Å²) in [6.07, 6.45) is 3.61. The Labute approximate surface area is 209 Å². The van der Waals surface area contributed by atoms with Crippen molar-refractivity contribution < 1.29 is 9.53 Å². The van der Waals surface area contributed by atoms with E-state index < -0.39 is 0 Å². The molecule has 0 atom stereocenters. The Morgan fingerprint density at radius 1 is 0.861 bits per heavy atom. The summed E-state index contributed by atoms with van der Waals surface area (Å²) in [4.78, 5) is 19.3. The number of amidine groups is 1. The fraction of sp³-hybridized carbons (Fsp3) is 0.138. The number of carbonyl (C=O) groups is 1. The zero-order valence-corrected chi connectivity index (χ0v) is 19.8. The third-order valence-electron chi connectivity index (χ3n) is 6.30. The van der Waals surface area contributed by atoms with Crippen LogP contribution in [0.25, 0.3) is 22.4 Å². The summed E-state index contributed by atoms with van der Waals surface area (Å²) in [7, 11) is 0. The van der Waals surface area contributed by atoms with Gasteiger partial charge in [-0.05, 0) is 54.8 Å². The highest BCUT2D eigenvalue weighted by Gasteiger charge is 2.21. The van der Waals surface area contributed by atoms with Gasteiger partial charge >= 0.3 is 0 Å². The van der Waals surface area contributed by atoms with Gasteiger partial charge in [0.1, 0.15) is 17.3 Å². The van der Waals surface area contributed by atoms with E-state index in [2.05, 4.69) is 4.98 Å². The molecule has 36 heavy (non-hydrogen) atoms. The van der Waals surface area contributed by atoms with Gasteiger partial charge in [-0.1, -0.05) is 42.5 Å². The number of nitrogens with one attached hydrogen (secondary N) is 1. The van der Waals surface area contributed by atoms with E-state index in [9.17, 15) is 4.79 Å². The molecule has 3 aromatic carbocycles. The normalized spacial score (nSPS) is 12.9. The van der Waals surface area contributed by atoms with E-state index in [-0.39, 0.29) is 11.7 Å². The molecule has 2 heterocycles. The molecule has 180 valence electrons. The maximum atomic E-state index is 12.8. The molecule has 5 rings (SSSR count). The van der Waals surface area contributed by atoms with Crippen molar-refractivity contribution in [3.8, 4) is 33.9 Å². The fourth-order valence-corrected chi connectivity index (χ4v) is 4.50. The van der Waals surface area contributed by atoms with Gasteiger partial charge in [-0.15, -0.1) is 0 Å². The van der Waals surface area contributed by atoms with E-state index in [1.807, 2.05) is 83.8 Å². The minimum atomic E-state index is -0.142. The van der Waals surface area contributed by atoms with Crippen molar-refractivity contribution in [2.45, 2.75) is 12.8 Å². The summed E-state index contributed by atoms with van der Waals surface area (Å²) in [5.74, 6) is 1.32. The van der Waals surface area contributed by atoms with Crippen LogP contribution < -0.4 is 16.2 Å². The number of pyridine rings is 1. The Morgan fingerprint density at radius 2 is 1.47 bits per heavy atom. The van der Waals surface area contributed by atoms with Crippen molar-refractivity contribution in [1.82, 2.24) is 9.88 Å². The van der Waals surface area contributed by atoms with Crippen molar-refractivity contribution >= 4 is 17.4 Å². The third kappa shape index (κ3) is 4.63. The second-order valence-corrected chi connectivity index (χ2v) is 8.74. The number of nitrogens with zero attached hydrogens (tertiary/aromatic N) is 2. The van der Waals surface area contributed by atoms with Crippen LogP contribution >= 0.6 is 0 Å². The minimum absolute atomic E-state index is 0.0444. The van der Waals surface area contributed by atoms with Gasteiger partial charge in [-0.3, -0.25) is 15.2 Å². The maximum Gasteiger partial charge on any atom is 0.253 e. The van der Waals surface area contributed by atoms with E-state index in [1.54, 1.807) is 0 Å². The zero-order chi connectivity index (χ0) is 25.1. The van der Waals surface area contributed by atoms with Crippen molar-refractivity contribution in [3.63, 3.8) is 0 Å². The number of rotatable bonds is 6. The van der Waals surface area contributed by atoms with E-state index in [0.29, 0.717) is 33.8 Å². The Hall–Kier alpha value is -4.65. The van der Waals surface area contributed by atoms with Gasteiger partial charge < -0.3 is 21.1 Å². The number of likely N-dealkylation sites (tertiary alicyclic amines) is 1. The number of amides is 1. The number of nitrogens with two attached hydrogens (primary N) is 2. The molecular formula is C29H27N5O2. The van der Waals surface area contributed by atoms with Gasteiger partial charge in [0.15, 0.2) is 0 Å². The number of hydrogen-bond acceptors (Lipinski definition) is 5. The smallest absolute Gasteiger partial charge is 0.253 e. The predicted octanol–water partition coefficient (Wildman–Crippen LogP) is 5.31. The fourth-order valence-electron chi connectivity index (χ4n) is 4.50. The first-order valence-electron chi connectivity index (χ1n) is 11.9. The molecule has 7 nitrogen and oxygen atoms in total. The first kappa shape index (κ1) is 23.1. The average Bonchev–Trinajstić information content (AvgIpc) is 3.44. The molecule has 0 unspecified atom stereocenters. The van der Waals surface area contributed by atoms with Crippen LogP contribution in [0, 0.1) is 5.41 Å². The molecule has 0 aliphatic carbocycles. The van der Waals surface area contributed by atoms with Crippen LogP contribution in [-0.2, 0) is 0 Å². The van der Waals surface area contributed by atoms with Crippen LogP contribution in [0.2, 0.25) is 0 Å². The number of benzene rings is 3. The van der Waals surface area contributed by atoms with Gasteiger partial charge in [0.25, 0.3) is 5.91 Å². The average molecular weight is 478 g/mol. The van der Waals surface area contributed by atoms with Crippen LogP contribution in [0.15, 0.2) is 85.1 Å². The van der Waals surface area contributed by atoms with Crippen molar-refractivity contribution in [2.24, 2.45) is 5.73 Å². The standard InChI is InChI=1S/C29H27N5O2/c30-24-18-33-27(20-8-10-21(11-9-20)29(35)34-16-4-5-17-34)25(26(24)28(31)32)19-12-14-23(15-13-19)36-22-6-2-1-3-7-22/h1-3,6-15,18H,4-5,16-17,30H2,(H3,31,32). The lowest BCUT2D eigenvalue weighted by atomic mass is 9.93. The first-order valence-corrected chi connectivity index (χ1v) is 11.9. The number of hydrogen-bond donors (Lipinski definition) is 3. The topological polar surface area (TPSA) is 118 Å². The number of nitrogen functional groups attached to an aromatic ring is 2. The molecule has 1 aromatic heterocycles. The van der Waals surface area contributed by atoms with E-state index in [1.165, 1.54) is 6.20 Å². The summed E-state index contributed by atoms with van der Waals surface area (Å²) >= 11 is 0. The number of carbonyl (C=O) groups excluding carboxylic acids is 1. The second-order valence-electron chi connectivity index (χ2n) is 8.74. The predicted molar refractivity (Wildman–Crippen MR) is 142 cm³/mol. The molecule has 7 heteroatoms. The molecule has 1 aliphatic rings. The molecule has 0 radical (unpaired) electrons. The highest BCUT2D eigenvalue weighted by molar-refractivity contribution is 6.08. The highest BCUT2D eigenvalue weighted by Crippen LogP contribution is 2.37. The van der Waals surface area contributed by atoms with Gasteiger partial charge in [-0.2, -0.15) is 0 Å². The largest absolute Gasteiger partial charge is 0.457 e. The summed E-state index contributed by atoms with van der Waals surface area (Å²) in [5, 5.41) is 8.20. The van der Waals surface area contributed by atoms with Gasteiger partial charge in [0.05, 0.1) is 23.1 Å². The molecule has 4 aromatic rings. The molecule has 1 fully saturated rings.